The van der Waals surface area contributed by atoms with Gasteiger partial charge in [0.15, 0.2) is 0 Å². The molecule has 62 valence electrons. The van der Waals surface area contributed by atoms with Crippen LogP contribution in [0.5, 0.6) is 0 Å². The maximum atomic E-state index is 13.0. The standard InChI is InChI=1S/C9H7BrFN/c1-5-2-6-7(10)4-12-9(6)3-8(5)11/h2-4,12H,1H3. The molecule has 0 unspecified atom stereocenters. The molecule has 2 rings (SSSR count). The number of aryl methyl sites for hydroxylation is 1. The monoisotopic (exact) mass is 227 g/mol. The summed E-state index contributed by atoms with van der Waals surface area (Å²) >= 11 is 3.37. The highest BCUT2D eigenvalue weighted by Gasteiger charge is 2.04. The Morgan fingerprint density at radius 2 is 2.17 bits per heavy atom. The van der Waals surface area contributed by atoms with Crippen molar-refractivity contribution in [3.8, 4) is 0 Å². The van der Waals surface area contributed by atoms with Gasteiger partial charge in [0, 0.05) is 21.6 Å². The Hall–Kier alpha value is -0.830. The predicted octanol–water partition coefficient (Wildman–Crippen LogP) is 3.38. The first-order valence-corrected chi connectivity index (χ1v) is 4.40. The number of aromatic amines is 1. The number of benzene rings is 1. The second-order valence-corrected chi connectivity index (χ2v) is 3.64. The van der Waals surface area contributed by atoms with Gasteiger partial charge in [-0.05, 0) is 40.5 Å². The van der Waals surface area contributed by atoms with Crippen LogP contribution in [0.3, 0.4) is 0 Å². The van der Waals surface area contributed by atoms with Crippen LogP contribution < -0.4 is 0 Å². The molecule has 1 aromatic heterocycles. The van der Waals surface area contributed by atoms with Gasteiger partial charge in [0.2, 0.25) is 0 Å². The fourth-order valence-electron chi connectivity index (χ4n) is 1.22. The van der Waals surface area contributed by atoms with Gasteiger partial charge in [-0.15, -0.1) is 0 Å². The number of rotatable bonds is 0. The van der Waals surface area contributed by atoms with Crippen LogP contribution in [-0.2, 0) is 0 Å². The number of hydrogen-bond donors (Lipinski definition) is 1. The molecule has 0 bridgehead atoms. The van der Waals surface area contributed by atoms with E-state index in [0.29, 0.717) is 5.56 Å². The quantitative estimate of drug-likeness (QED) is 0.711. The molecule has 0 aliphatic carbocycles. The molecule has 0 aliphatic rings. The minimum absolute atomic E-state index is 0.170. The molecule has 0 spiro atoms. The minimum atomic E-state index is -0.170. The maximum absolute atomic E-state index is 13.0. The molecule has 1 nitrogen and oxygen atoms in total. The lowest BCUT2D eigenvalue weighted by atomic mass is 10.2. The fraction of sp³-hybridized carbons (Fsp3) is 0.111. The molecule has 0 atom stereocenters. The van der Waals surface area contributed by atoms with Crippen molar-refractivity contribution in [3.05, 3.63) is 34.2 Å². The van der Waals surface area contributed by atoms with E-state index in [1.807, 2.05) is 12.3 Å². The number of fused-ring (bicyclic) bond motifs is 1. The molecule has 1 heterocycles. The van der Waals surface area contributed by atoms with Crippen molar-refractivity contribution in [2.45, 2.75) is 6.92 Å². The summed E-state index contributed by atoms with van der Waals surface area (Å²) in [7, 11) is 0. The third kappa shape index (κ3) is 1.05. The lowest BCUT2D eigenvalue weighted by Crippen LogP contribution is -1.80. The zero-order chi connectivity index (χ0) is 8.72. The molecule has 0 fully saturated rings. The zero-order valence-electron chi connectivity index (χ0n) is 6.49. The third-order valence-electron chi connectivity index (χ3n) is 1.91. The fourth-order valence-corrected chi connectivity index (χ4v) is 1.66. The van der Waals surface area contributed by atoms with Crippen LogP contribution in [0.25, 0.3) is 10.9 Å². The van der Waals surface area contributed by atoms with Gasteiger partial charge < -0.3 is 4.98 Å². The molecule has 0 aliphatic heterocycles. The van der Waals surface area contributed by atoms with Crippen LogP contribution >= 0.6 is 15.9 Å². The summed E-state index contributed by atoms with van der Waals surface area (Å²) < 4.78 is 14.0. The van der Waals surface area contributed by atoms with Crippen LogP contribution in [0.1, 0.15) is 5.56 Å². The van der Waals surface area contributed by atoms with Crippen LogP contribution in [0.4, 0.5) is 4.39 Å². The van der Waals surface area contributed by atoms with E-state index in [1.165, 1.54) is 6.07 Å². The van der Waals surface area contributed by atoms with E-state index in [1.54, 1.807) is 6.92 Å². The first-order valence-electron chi connectivity index (χ1n) is 3.61. The highest BCUT2D eigenvalue weighted by molar-refractivity contribution is 9.10. The van der Waals surface area contributed by atoms with Gasteiger partial charge in [0.25, 0.3) is 0 Å². The Bertz CT molecular complexity index is 433. The molecule has 3 heteroatoms. The summed E-state index contributed by atoms with van der Waals surface area (Å²) in [6, 6.07) is 3.33. The van der Waals surface area contributed by atoms with Crippen molar-refractivity contribution in [3.63, 3.8) is 0 Å². The number of H-pyrrole nitrogens is 1. The molecule has 2 aromatic rings. The Kier molecular flexibility index (Phi) is 1.68. The smallest absolute Gasteiger partial charge is 0.128 e. The summed E-state index contributed by atoms with van der Waals surface area (Å²) in [4.78, 5) is 2.97. The van der Waals surface area contributed by atoms with E-state index in [9.17, 15) is 4.39 Å². The Morgan fingerprint density at radius 3 is 2.92 bits per heavy atom. The second-order valence-electron chi connectivity index (χ2n) is 2.78. The molecule has 0 radical (unpaired) electrons. The number of halogens is 2. The average molecular weight is 228 g/mol. The summed E-state index contributed by atoms with van der Waals surface area (Å²) in [5, 5.41) is 1.02. The number of nitrogens with one attached hydrogen (secondary N) is 1. The Balaban J connectivity index is 2.87. The van der Waals surface area contributed by atoms with Gasteiger partial charge in [-0.3, -0.25) is 0 Å². The maximum Gasteiger partial charge on any atom is 0.128 e. The van der Waals surface area contributed by atoms with Crippen LogP contribution in [0.2, 0.25) is 0 Å². The van der Waals surface area contributed by atoms with Crippen molar-refractivity contribution in [1.82, 2.24) is 4.98 Å². The minimum Gasteiger partial charge on any atom is -0.360 e. The van der Waals surface area contributed by atoms with E-state index in [2.05, 4.69) is 20.9 Å². The third-order valence-corrected chi connectivity index (χ3v) is 2.57. The van der Waals surface area contributed by atoms with Gasteiger partial charge in [-0.1, -0.05) is 0 Å². The highest BCUT2D eigenvalue weighted by Crippen LogP contribution is 2.25. The first kappa shape index (κ1) is 7.80. The van der Waals surface area contributed by atoms with E-state index in [4.69, 9.17) is 0 Å². The van der Waals surface area contributed by atoms with E-state index in [0.717, 1.165) is 15.4 Å². The van der Waals surface area contributed by atoms with Gasteiger partial charge in [0.1, 0.15) is 5.82 Å². The largest absolute Gasteiger partial charge is 0.360 e. The SMILES string of the molecule is Cc1cc2c(Br)c[nH]c2cc1F. The van der Waals surface area contributed by atoms with Crippen molar-refractivity contribution in [1.29, 1.82) is 0 Å². The number of hydrogen-bond acceptors (Lipinski definition) is 0. The van der Waals surface area contributed by atoms with Crippen LogP contribution in [0, 0.1) is 12.7 Å². The summed E-state index contributed by atoms with van der Waals surface area (Å²) in [5.41, 5.74) is 1.49. The average Bonchev–Trinajstić information content (AvgIpc) is 2.35. The molecular formula is C9H7BrFN. The lowest BCUT2D eigenvalue weighted by molar-refractivity contribution is 0.620. The summed E-state index contributed by atoms with van der Waals surface area (Å²) in [6.07, 6.45) is 1.81. The Labute approximate surface area is 77.7 Å². The molecular weight excluding hydrogens is 221 g/mol. The first-order chi connectivity index (χ1) is 5.68. The molecule has 1 aromatic carbocycles. The number of aromatic nitrogens is 1. The van der Waals surface area contributed by atoms with Crippen molar-refractivity contribution in [2.24, 2.45) is 0 Å². The van der Waals surface area contributed by atoms with Gasteiger partial charge in [-0.25, -0.2) is 4.39 Å². The lowest BCUT2D eigenvalue weighted by Gasteiger charge is -1.96. The van der Waals surface area contributed by atoms with E-state index in [-0.39, 0.29) is 5.82 Å². The topological polar surface area (TPSA) is 15.8 Å². The second kappa shape index (κ2) is 2.59. The van der Waals surface area contributed by atoms with Crippen LogP contribution in [0.15, 0.2) is 22.8 Å². The normalized spacial score (nSPS) is 10.9. The van der Waals surface area contributed by atoms with Crippen LogP contribution in [-0.4, -0.2) is 4.98 Å². The molecule has 0 saturated carbocycles. The summed E-state index contributed by atoms with van der Waals surface area (Å²) in [5.74, 6) is -0.170. The van der Waals surface area contributed by atoms with Gasteiger partial charge in [-0.2, -0.15) is 0 Å². The van der Waals surface area contributed by atoms with Gasteiger partial charge in [0.05, 0.1) is 0 Å². The highest BCUT2D eigenvalue weighted by atomic mass is 79.9. The van der Waals surface area contributed by atoms with Gasteiger partial charge >= 0.3 is 0 Å². The van der Waals surface area contributed by atoms with Crippen molar-refractivity contribution in [2.75, 3.05) is 0 Å². The molecule has 0 amide bonds. The summed E-state index contributed by atoms with van der Waals surface area (Å²) in [6.45, 7) is 1.76. The molecule has 1 N–H and O–H groups in total. The molecule has 12 heavy (non-hydrogen) atoms. The predicted molar refractivity (Wildman–Crippen MR) is 50.7 cm³/mol. The Morgan fingerprint density at radius 1 is 1.42 bits per heavy atom. The van der Waals surface area contributed by atoms with Crippen molar-refractivity contribution < 1.29 is 4.39 Å². The van der Waals surface area contributed by atoms with E-state index >= 15 is 0 Å². The zero-order valence-corrected chi connectivity index (χ0v) is 8.07. The van der Waals surface area contributed by atoms with Crippen molar-refractivity contribution >= 4 is 26.8 Å². The van der Waals surface area contributed by atoms with E-state index < -0.39 is 0 Å². The molecule has 0 saturated heterocycles.